The average Bonchev–Trinajstić information content (AvgIpc) is 2.81. The van der Waals surface area contributed by atoms with Crippen LogP contribution in [0.5, 0.6) is 5.75 Å². The van der Waals surface area contributed by atoms with E-state index in [9.17, 15) is 14.4 Å². The minimum atomic E-state index is -0.495. The average molecular weight is 459 g/mol. The van der Waals surface area contributed by atoms with E-state index in [4.69, 9.17) is 21.7 Å². The van der Waals surface area contributed by atoms with Crippen LogP contribution in [-0.4, -0.2) is 43.2 Å². The molecule has 0 bridgehead atoms. The zero-order valence-electron chi connectivity index (χ0n) is 17.7. The second-order valence-electron chi connectivity index (χ2n) is 6.56. The molecular formula is C22H26N4O5S. The van der Waals surface area contributed by atoms with Gasteiger partial charge in [0.05, 0.1) is 12.2 Å². The Labute approximate surface area is 191 Å². The van der Waals surface area contributed by atoms with Crippen molar-refractivity contribution in [3.63, 3.8) is 0 Å². The number of ether oxygens (including phenoxy) is 2. The molecule has 4 N–H and O–H groups in total. The molecule has 3 amide bonds. The van der Waals surface area contributed by atoms with Crippen molar-refractivity contribution < 1.29 is 23.9 Å². The highest BCUT2D eigenvalue weighted by Crippen LogP contribution is 2.17. The topological polar surface area (TPSA) is 118 Å². The summed E-state index contributed by atoms with van der Waals surface area (Å²) in [7, 11) is 1.55. The molecule has 0 aromatic heterocycles. The van der Waals surface area contributed by atoms with Crippen LogP contribution in [0.3, 0.4) is 0 Å². The second-order valence-corrected chi connectivity index (χ2v) is 6.96. The Hall–Kier alpha value is -3.50. The van der Waals surface area contributed by atoms with Gasteiger partial charge in [0.25, 0.3) is 5.91 Å². The van der Waals surface area contributed by atoms with Crippen molar-refractivity contribution in [1.29, 1.82) is 0 Å². The van der Waals surface area contributed by atoms with Crippen molar-refractivity contribution >= 4 is 35.1 Å². The van der Waals surface area contributed by atoms with E-state index in [1.165, 1.54) is 0 Å². The first-order chi connectivity index (χ1) is 15.5. The standard InChI is InChI=1S/C22H26N4O5S/c1-30-13-14-31-18-10-6-5-9-17(18)21(29)24-22(32)26-25-20(28)12-11-19(27)23-15-16-7-3-2-4-8-16/h2-10H,11-15H2,1H3,(H,23,27)(H,25,28)(H2,24,26,29,32). The maximum Gasteiger partial charge on any atom is 0.261 e. The number of hydrogen-bond acceptors (Lipinski definition) is 6. The number of hydrogen-bond donors (Lipinski definition) is 4. The zero-order valence-corrected chi connectivity index (χ0v) is 18.5. The van der Waals surface area contributed by atoms with Gasteiger partial charge in [0, 0.05) is 26.5 Å². The summed E-state index contributed by atoms with van der Waals surface area (Å²) in [5, 5.41) is 5.11. The molecule has 2 rings (SSSR count). The summed E-state index contributed by atoms with van der Waals surface area (Å²) < 4.78 is 10.5. The summed E-state index contributed by atoms with van der Waals surface area (Å²) in [6.07, 6.45) is -0.0218. The van der Waals surface area contributed by atoms with Gasteiger partial charge in [-0.15, -0.1) is 0 Å². The molecule has 0 saturated carbocycles. The number of benzene rings is 2. The Morgan fingerprint density at radius 2 is 1.56 bits per heavy atom. The van der Waals surface area contributed by atoms with E-state index < -0.39 is 11.8 Å². The molecule has 10 heteroatoms. The van der Waals surface area contributed by atoms with E-state index in [0.29, 0.717) is 25.5 Å². The van der Waals surface area contributed by atoms with Crippen LogP contribution in [-0.2, 0) is 20.9 Å². The third-order valence-corrected chi connectivity index (χ3v) is 4.33. The van der Waals surface area contributed by atoms with E-state index in [2.05, 4.69) is 21.5 Å². The smallest absolute Gasteiger partial charge is 0.261 e. The quantitative estimate of drug-likeness (QED) is 0.242. The highest BCUT2D eigenvalue weighted by Gasteiger charge is 2.14. The summed E-state index contributed by atoms with van der Waals surface area (Å²) in [5.74, 6) is -0.801. The van der Waals surface area contributed by atoms with E-state index >= 15 is 0 Å². The number of amides is 3. The molecule has 0 heterocycles. The number of carbonyl (C=O) groups excluding carboxylic acids is 3. The Kier molecular flexibility index (Phi) is 10.6. The lowest BCUT2D eigenvalue weighted by Gasteiger charge is -2.13. The van der Waals surface area contributed by atoms with Crippen LogP contribution in [0.25, 0.3) is 0 Å². The molecule has 2 aromatic carbocycles. The van der Waals surface area contributed by atoms with E-state index in [1.54, 1.807) is 31.4 Å². The fourth-order valence-electron chi connectivity index (χ4n) is 2.52. The fraction of sp³-hybridized carbons (Fsp3) is 0.273. The van der Waals surface area contributed by atoms with Crippen LogP contribution >= 0.6 is 12.2 Å². The molecule has 0 saturated heterocycles. The third kappa shape index (κ3) is 9.11. The zero-order chi connectivity index (χ0) is 23.2. The molecule has 32 heavy (non-hydrogen) atoms. The fourth-order valence-corrected chi connectivity index (χ4v) is 2.66. The third-order valence-electron chi connectivity index (χ3n) is 4.13. The number of thiocarbonyl (C=S) groups is 1. The van der Waals surface area contributed by atoms with Crippen LogP contribution in [0.15, 0.2) is 54.6 Å². The van der Waals surface area contributed by atoms with Gasteiger partial charge in [-0.25, -0.2) is 0 Å². The van der Waals surface area contributed by atoms with Crippen LogP contribution < -0.4 is 26.2 Å². The molecule has 2 aromatic rings. The van der Waals surface area contributed by atoms with E-state index in [-0.39, 0.29) is 29.4 Å². The van der Waals surface area contributed by atoms with Crippen LogP contribution in [0.2, 0.25) is 0 Å². The van der Waals surface area contributed by atoms with E-state index in [0.717, 1.165) is 5.56 Å². The molecular weight excluding hydrogens is 432 g/mol. The molecule has 0 unspecified atom stereocenters. The van der Waals surface area contributed by atoms with Gasteiger partial charge in [0.15, 0.2) is 5.11 Å². The normalized spacial score (nSPS) is 10.0. The van der Waals surface area contributed by atoms with Gasteiger partial charge in [0.2, 0.25) is 11.8 Å². The van der Waals surface area contributed by atoms with Crippen molar-refractivity contribution in [1.82, 2.24) is 21.5 Å². The molecule has 170 valence electrons. The first-order valence-corrected chi connectivity index (χ1v) is 10.3. The monoisotopic (exact) mass is 458 g/mol. The molecule has 0 fully saturated rings. The van der Waals surface area contributed by atoms with Crippen molar-refractivity contribution in [2.75, 3.05) is 20.3 Å². The summed E-state index contributed by atoms with van der Waals surface area (Å²) in [4.78, 5) is 36.2. The first kappa shape index (κ1) is 24.8. The van der Waals surface area contributed by atoms with Crippen LogP contribution in [0.4, 0.5) is 0 Å². The predicted octanol–water partition coefficient (Wildman–Crippen LogP) is 1.44. The molecule has 0 aliphatic heterocycles. The van der Waals surface area contributed by atoms with Gasteiger partial charge in [-0.1, -0.05) is 42.5 Å². The number of nitrogens with one attached hydrogen (secondary N) is 4. The Bertz CT molecular complexity index is 924. The number of methoxy groups -OCH3 is 1. The largest absolute Gasteiger partial charge is 0.490 e. The minimum absolute atomic E-state index is 0.0195. The number of rotatable bonds is 10. The molecule has 0 atom stereocenters. The Morgan fingerprint density at radius 1 is 0.875 bits per heavy atom. The van der Waals surface area contributed by atoms with Gasteiger partial charge < -0.3 is 14.8 Å². The van der Waals surface area contributed by atoms with Gasteiger partial charge >= 0.3 is 0 Å². The molecule has 0 aliphatic carbocycles. The van der Waals surface area contributed by atoms with Gasteiger partial charge in [0.1, 0.15) is 12.4 Å². The molecule has 9 nitrogen and oxygen atoms in total. The van der Waals surface area contributed by atoms with Crippen molar-refractivity contribution in [2.24, 2.45) is 0 Å². The predicted molar refractivity (Wildman–Crippen MR) is 123 cm³/mol. The number of hydrazine groups is 1. The number of carbonyl (C=O) groups is 3. The minimum Gasteiger partial charge on any atom is -0.490 e. The summed E-state index contributed by atoms with van der Waals surface area (Å²) in [5.41, 5.74) is 6.05. The van der Waals surface area contributed by atoms with E-state index in [1.807, 2.05) is 30.3 Å². The summed E-state index contributed by atoms with van der Waals surface area (Å²) >= 11 is 5.03. The lowest BCUT2D eigenvalue weighted by Crippen LogP contribution is -2.48. The van der Waals surface area contributed by atoms with Crippen LogP contribution in [0.1, 0.15) is 28.8 Å². The lowest BCUT2D eigenvalue weighted by atomic mass is 10.2. The molecule has 0 radical (unpaired) electrons. The van der Waals surface area contributed by atoms with Crippen molar-refractivity contribution in [3.8, 4) is 5.75 Å². The highest BCUT2D eigenvalue weighted by atomic mass is 32.1. The Balaban J connectivity index is 1.69. The first-order valence-electron chi connectivity index (χ1n) is 9.91. The maximum absolute atomic E-state index is 12.4. The van der Waals surface area contributed by atoms with Crippen molar-refractivity contribution in [2.45, 2.75) is 19.4 Å². The second kappa shape index (κ2) is 13.7. The Morgan fingerprint density at radius 3 is 2.31 bits per heavy atom. The summed E-state index contributed by atoms with van der Waals surface area (Å²) in [6, 6.07) is 16.1. The summed E-state index contributed by atoms with van der Waals surface area (Å²) in [6.45, 7) is 1.07. The molecule has 0 aliphatic rings. The maximum atomic E-state index is 12.4. The van der Waals surface area contributed by atoms with Gasteiger partial charge in [-0.3, -0.25) is 30.6 Å². The highest BCUT2D eigenvalue weighted by molar-refractivity contribution is 7.80. The SMILES string of the molecule is COCCOc1ccccc1C(=O)NC(=S)NNC(=O)CCC(=O)NCc1ccccc1. The van der Waals surface area contributed by atoms with Crippen molar-refractivity contribution in [3.05, 3.63) is 65.7 Å². The van der Waals surface area contributed by atoms with Crippen LogP contribution in [0, 0.1) is 0 Å². The van der Waals surface area contributed by atoms with Gasteiger partial charge in [-0.2, -0.15) is 0 Å². The number of para-hydroxylation sites is 1. The molecule has 0 spiro atoms. The lowest BCUT2D eigenvalue weighted by molar-refractivity contribution is -0.126. The van der Waals surface area contributed by atoms with Gasteiger partial charge in [-0.05, 0) is 29.9 Å².